The number of methoxy groups -OCH3 is 2. The number of fused-ring (bicyclic) bond motifs is 1. The van der Waals surface area contributed by atoms with E-state index in [0.717, 1.165) is 5.56 Å². The topological polar surface area (TPSA) is 164 Å². The van der Waals surface area contributed by atoms with Gasteiger partial charge in [0.25, 0.3) is 6.01 Å². The average Bonchev–Trinajstić information content (AvgIpc) is 3.09. The first-order valence-corrected chi connectivity index (χ1v) is 10.9. The smallest absolute Gasteiger partial charge is 0.332 e. The number of aliphatic hydroxyl groups excluding tert-OH is 1. The van der Waals surface area contributed by atoms with Gasteiger partial charge in [-0.25, -0.2) is 0 Å². The molecule has 1 atom stereocenters. The molecule has 31 heavy (non-hydrogen) atoms. The first kappa shape index (κ1) is 22.8. The van der Waals surface area contributed by atoms with Crippen LogP contribution in [0.4, 0.5) is 5.82 Å². The Bertz CT molecular complexity index is 1120. The molecule has 0 saturated heterocycles. The number of rotatable bonds is 10. The molecule has 0 fully saturated rings. The number of imidazole rings is 1. The molecule has 3 aromatic rings. The number of benzene rings is 1. The van der Waals surface area contributed by atoms with Crippen LogP contribution in [0.5, 0.6) is 17.8 Å². The number of nitrogen functional groups attached to an aromatic ring is 1. The minimum absolute atomic E-state index is 0.00417. The normalized spacial score (nSPS) is 13.2. The summed E-state index contributed by atoms with van der Waals surface area (Å²) in [4.78, 5) is 22.5. The van der Waals surface area contributed by atoms with Crippen LogP contribution in [-0.2, 0) is 21.8 Å². The van der Waals surface area contributed by atoms with Crippen LogP contribution >= 0.6 is 7.60 Å². The maximum absolute atomic E-state index is 12.0. The average molecular weight is 453 g/mol. The van der Waals surface area contributed by atoms with Crippen LogP contribution in [0.1, 0.15) is 11.1 Å². The Labute approximate surface area is 178 Å². The largest absolute Gasteiger partial charge is 0.497 e. The number of anilines is 1. The third-order valence-corrected chi connectivity index (χ3v) is 5.68. The molecule has 0 amide bonds. The van der Waals surface area contributed by atoms with Crippen molar-refractivity contribution in [3.8, 4) is 17.8 Å². The van der Waals surface area contributed by atoms with Crippen molar-refractivity contribution < 1.29 is 33.3 Å². The van der Waals surface area contributed by atoms with E-state index in [2.05, 4.69) is 19.5 Å². The van der Waals surface area contributed by atoms with Crippen LogP contribution < -0.4 is 19.9 Å². The van der Waals surface area contributed by atoms with Crippen LogP contribution in [-0.4, -0.2) is 64.1 Å². The van der Waals surface area contributed by atoms with Crippen LogP contribution in [0.15, 0.2) is 18.2 Å². The molecule has 1 unspecified atom stereocenters. The third kappa shape index (κ3) is 5.23. The summed E-state index contributed by atoms with van der Waals surface area (Å²) in [5.74, 6) is 0.607. The van der Waals surface area contributed by atoms with Gasteiger partial charge in [0.15, 0.2) is 17.0 Å². The standard InChI is InChI=1S/C18H24N5O7P/c1-27-13-7-11(6-12(8-13)10-31(25,26)29-3)9-23-16-14(20-18(23)28-2)15(19)21-17(22-16)30-5-4-24/h6-8,24H,4-5,9-10H2,1-3H3,(H,25,26)(H2,19,21,22). The lowest BCUT2D eigenvalue weighted by Gasteiger charge is -2.13. The highest BCUT2D eigenvalue weighted by Crippen LogP contribution is 2.45. The highest BCUT2D eigenvalue weighted by atomic mass is 31.2. The highest BCUT2D eigenvalue weighted by Gasteiger charge is 2.21. The van der Waals surface area contributed by atoms with Crippen LogP contribution in [0.25, 0.3) is 11.2 Å². The molecule has 12 nitrogen and oxygen atoms in total. The SMILES string of the molecule is COc1cc(Cn2c(OC)nc3c(N)nc(OCCO)nc32)cc(CP(=O)(O)OC)c1. The molecule has 13 heteroatoms. The minimum atomic E-state index is -3.77. The zero-order valence-electron chi connectivity index (χ0n) is 17.3. The fraction of sp³-hybridized carbons (Fsp3) is 0.389. The van der Waals surface area contributed by atoms with Gasteiger partial charge in [-0.05, 0) is 23.3 Å². The summed E-state index contributed by atoms with van der Waals surface area (Å²) in [7, 11) is 0.382. The Balaban J connectivity index is 2.05. The summed E-state index contributed by atoms with van der Waals surface area (Å²) in [6, 6.07) is 5.43. The van der Waals surface area contributed by atoms with E-state index in [-0.39, 0.29) is 43.8 Å². The molecule has 0 aliphatic carbocycles. The summed E-state index contributed by atoms with van der Waals surface area (Å²) in [5, 5.41) is 8.97. The first-order valence-electron chi connectivity index (χ1n) is 9.16. The number of hydrogen-bond donors (Lipinski definition) is 3. The molecule has 4 N–H and O–H groups in total. The van der Waals surface area contributed by atoms with Gasteiger partial charge in [-0.3, -0.25) is 9.13 Å². The van der Waals surface area contributed by atoms with E-state index < -0.39 is 7.60 Å². The zero-order chi connectivity index (χ0) is 22.6. The number of nitrogens with two attached hydrogens (primary N) is 1. The fourth-order valence-electron chi connectivity index (χ4n) is 2.99. The number of ether oxygens (including phenoxy) is 3. The zero-order valence-corrected chi connectivity index (χ0v) is 18.2. The molecule has 0 saturated carbocycles. The second kappa shape index (κ2) is 9.48. The summed E-state index contributed by atoms with van der Waals surface area (Å²) < 4.78 is 34.4. The van der Waals surface area contributed by atoms with Crippen molar-refractivity contribution in [2.75, 3.05) is 40.3 Å². The Kier molecular flexibility index (Phi) is 6.96. The monoisotopic (exact) mass is 453 g/mol. The number of aromatic nitrogens is 4. The van der Waals surface area contributed by atoms with Gasteiger partial charge in [0.2, 0.25) is 0 Å². The minimum Gasteiger partial charge on any atom is -0.497 e. The van der Waals surface area contributed by atoms with Crippen LogP contribution in [0, 0.1) is 0 Å². The molecule has 0 spiro atoms. The molecular weight excluding hydrogens is 429 g/mol. The van der Waals surface area contributed by atoms with Crippen LogP contribution in [0.3, 0.4) is 0 Å². The number of hydrogen-bond acceptors (Lipinski definition) is 10. The van der Waals surface area contributed by atoms with Crippen LogP contribution in [0.2, 0.25) is 0 Å². The van der Waals surface area contributed by atoms with E-state index in [4.69, 9.17) is 25.1 Å². The van der Waals surface area contributed by atoms with Gasteiger partial charge in [-0.2, -0.15) is 15.0 Å². The summed E-state index contributed by atoms with van der Waals surface area (Å²) in [6.07, 6.45) is -0.177. The second-order valence-corrected chi connectivity index (χ2v) is 8.44. The fourth-order valence-corrected chi connectivity index (χ4v) is 3.76. The number of nitrogens with zero attached hydrogens (tertiary/aromatic N) is 4. The predicted molar refractivity (Wildman–Crippen MR) is 112 cm³/mol. The predicted octanol–water partition coefficient (Wildman–Crippen LogP) is 1.18. The molecule has 2 aromatic heterocycles. The Morgan fingerprint density at radius 3 is 2.48 bits per heavy atom. The Hall–Kier alpha value is -2.92. The van der Waals surface area contributed by atoms with Crippen molar-refractivity contribution in [1.29, 1.82) is 0 Å². The van der Waals surface area contributed by atoms with E-state index in [1.807, 2.05) is 0 Å². The molecular formula is C18H24N5O7P. The van der Waals surface area contributed by atoms with Crippen molar-refractivity contribution in [3.05, 3.63) is 29.3 Å². The maximum Gasteiger partial charge on any atom is 0.332 e. The molecule has 3 rings (SSSR count). The quantitative estimate of drug-likeness (QED) is 0.378. The van der Waals surface area contributed by atoms with E-state index in [9.17, 15) is 9.46 Å². The van der Waals surface area contributed by atoms with E-state index in [1.165, 1.54) is 21.3 Å². The molecule has 1 aromatic carbocycles. The highest BCUT2D eigenvalue weighted by molar-refractivity contribution is 7.51. The number of aliphatic hydroxyl groups is 1. The van der Waals surface area contributed by atoms with Gasteiger partial charge >= 0.3 is 13.6 Å². The van der Waals surface area contributed by atoms with Gasteiger partial charge < -0.3 is 34.5 Å². The third-order valence-electron chi connectivity index (χ3n) is 4.34. The molecule has 0 aliphatic rings. The lowest BCUT2D eigenvalue weighted by atomic mass is 10.1. The van der Waals surface area contributed by atoms with Gasteiger partial charge in [-0.15, -0.1) is 0 Å². The lowest BCUT2D eigenvalue weighted by molar-refractivity contribution is 0.192. The lowest BCUT2D eigenvalue weighted by Crippen LogP contribution is -2.08. The Morgan fingerprint density at radius 1 is 1.10 bits per heavy atom. The van der Waals surface area contributed by atoms with E-state index >= 15 is 0 Å². The summed E-state index contributed by atoms with van der Waals surface area (Å²) in [6.45, 7) is 0.0469. The van der Waals surface area contributed by atoms with E-state index in [0.29, 0.717) is 22.5 Å². The molecule has 0 bridgehead atoms. The second-order valence-electron chi connectivity index (χ2n) is 6.49. The Morgan fingerprint density at radius 2 is 1.84 bits per heavy atom. The van der Waals surface area contributed by atoms with Gasteiger partial charge in [0, 0.05) is 7.11 Å². The van der Waals surface area contributed by atoms with Crippen molar-refractivity contribution in [2.24, 2.45) is 0 Å². The summed E-state index contributed by atoms with van der Waals surface area (Å²) in [5.41, 5.74) is 7.99. The van der Waals surface area contributed by atoms with Crippen molar-refractivity contribution in [2.45, 2.75) is 12.7 Å². The van der Waals surface area contributed by atoms with Crippen molar-refractivity contribution >= 4 is 24.6 Å². The molecule has 0 aliphatic heterocycles. The molecule has 0 radical (unpaired) electrons. The van der Waals surface area contributed by atoms with Gasteiger partial charge in [-0.1, -0.05) is 6.07 Å². The van der Waals surface area contributed by atoms with E-state index in [1.54, 1.807) is 22.8 Å². The summed E-state index contributed by atoms with van der Waals surface area (Å²) >= 11 is 0. The van der Waals surface area contributed by atoms with Gasteiger partial charge in [0.1, 0.15) is 12.4 Å². The molecule has 2 heterocycles. The van der Waals surface area contributed by atoms with Crippen molar-refractivity contribution in [1.82, 2.24) is 19.5 Å². The maximum atomic E-state index is 12.0. The molecule has 168 valence electrons. The first-order chi connectivity index (χ1) is 14.8. The van der Waals surface area contributed by atoms with Gasteiger partial charge in [0.05, 0.1) is 33.5 Å². The van der Waals surface area contributed by atoms with Crippen molar-refractivity contribution in [3.63, 3.8) is 0 Å².